The fraction of sp³-hybridized carbons (Fsp3) is 0. The van der Waals surface area contributed by atoms with Crippen molar-refractivity contribution in [3.63, 3.8) is 0 Å². The minimum Gasteiger partial charge on any atom is -0.456 e. The van der Waals surface area contributed by atoms with Crippen LogP contribution >= 0.6 is 0 Å². The van der Waals surface area contributed by atoms with E-state index >= 15 is 0 Å². The van der Waals surface area contributed by atoms with Gasteiger partial charge in [0.1, 0.15) is 11.2 Å². The summed E-state index contributed by atoms with van der Waals surface area (Å²) >= 11 is 0. The van der Waals surface area contributed by atoms with Gasteiger partial charge in [-0.25, -0.2) is 0 Å². The summed E-state index contributed by atoms with van der Waals surface area (Å²) in [5, 5.41) is 7.05. The molecule has 216 valence electrons. The van der Waals surface area contributed by atoms with Crippen molar-refractivity contribution in [2.24, 2.45) is 0 Å². The highest BCUT2D eigenvalue weighted by molar-refractivity contribution is 6.25. The molecule has 2 heteroatoms. The normalized spacial score (nSPS) is 11.5. The Morgan fingerprint density at radius 3 is 1.78 bits per heavy atom. The highest BCUT2D eigenvalue weighted by Crippen LogP contribution is 2.47. The predicted molar refractivity (Wildman–Crippen MR) is 194 cm³/mol. The van der Waals surface area contributed by atoms with Gasteiger partial charge in [0.2, 0.25) is 0 Å². The first kappa shape index (κ1) is 26.3. The molecule has 0 aliphatic rings. The van der Waals surface area contributed by atoms with Gasteiger partial charge in [-0.3, -0.25) is 0 Å². The SMILES string of the molecule is c1ccc(-c2ccc(N(c3ccc4ccccc4c3)c3cccc4oc5cc(-c6ccccc6)c6ccccc6c5c34)cc2)cc1. The summed E-state index contributed by atoms with van der Waals surface area (Å²) in [5.74, 6) is 0. The highest BCUT2D eigenvalue weighted by atomic mass is 16.3. The van der Waals surface area contributed by atoms with Crippen LogP contribution in [-0.2, 0) is 0 Å². The summed E-state index contributed by atoms with van der Waals surface area (Å²) in [6, 6.07) is 62.6. The predicted octanol–water partition coefficient (Wildman–Crippen LogP) is 12.7. The molecule has 0 saturated carbocycles. The molecule has 0 radical (unpaired) electrons. The van der Waals surface area contributed by atoms with Crippen LogP contribution in [-0.4, -0.2) is 0 Å². The average Bonchev–Trinajstić information content (AvgIpc) is 3.52. The number of nitrogens with zero attached hydrogens (tertiary/aromatic N) is 1. The molecule has 0 saturated heterocycles. The van der Waals surface area contributed by atoms with E-state index in [-0.39, 0.29) is 0 Å². The number of hydrogen-bond donors (Lipinski definition) is 0. The van der Waals surface area contributed by atoms with Gasteiger partial charge in [-0.2, -0.15) is 0 Å². The molecule has 0 fully saturated rings. The van der Waals surface area contributed by atoms with Crippen LogP contribution in [0.1, 0.15) is 0 Å². The molecule has 0 atom stereocenters. The van der Waals surface area contributed by atoms with E-state index in [1.807, 2.05) is 0 Å². The van der Waals surface area contributed by atoms with E-state index in [4.69, 9.17) is 4.42 Å². The maximum absolute atomic E-state index is 6.71. The smallest absolute Gasteiger partial charge is 0.137 e. The Morgan fingerprint density at radius 1 is 0.370 bits per heavy atom. The van der Waals surface area contributed by atoms with E-state index < -0.39 is 0 Å². The van der Waals surface area contributed by atoms with Crippen molar-refractivity contribution < 1.29 is 4.42 Å². The fourth-order valence-electron chi connectivity index (χ4n) is 6.88. The van der Waals surface area contributed by atoms with Gasteiger partial charge in [-0.05, 0) is 86.3 Å². The lowest BCUT2D eigenvalue weighted by atomic mass is 9.94. The maximum atomic E-state index is 6.71. The zero-order valence-electron chi connectivity index (χ0n) is 25.1. The third-order valence-corrected chi connectivity index (χ3v) is 9.03. The fourth-order valence-corrected chi connectivity index (χ4v) is 6.88. The summed E-state index contributed by atoms with van der Waals surface area (Å²) in [6.07, 6.45) is 0. The van der Waals surface area contributed by atoms with Crippen LogP contribution in [0.2, 0.25) is 0 Å². The minimum absolute atomic E-state index is 0.870. The molecule has 46 heavy (non-hydrogen) atoms. The van der Waals surface area contributed by atoms with E-state index in [0.717, 1.165) is 39.0 Å². The van der Waals surface area contributed by atoms with E-state index in [1.165, 1.54) is 43.8 Å². The first-order valence-corrected chi connectivity index (χ1v) is 15.7. The Hall–Kier alpha value is -6.12. The van der Waals surface area contributed by atoms with Crippen LogP contribution in [0.3, 0.4) is 0 Å². The molecular formula is C44H29NO. The standard InChI is InChI=1S/C44H29NO/c1-3-12-30(13-4-1)32-22-25-35(26-23-32)45(36-27-24-31-14-7-8-17-34(31)28-36)40-20-11-21-41-44(40)43-38-19-10-9-18-37(38)39(29-42(43)46-41)33-15-5-2-6-16-33/h1-29H. The lowest BCUT2D eigenvalue weighted by Crippen LogP contribution is -2.10. The van der Waals surface area contributed by atoms with E-state index in [9.17, 15) is 0 Å². The van der Waals surface area contributed by atoms with Gasteiger partial charge < -0.3 is 9.32 Å². The van der Waals surface area contributed by atoms with Crippen molar-refractivity contribution >= 4 is 60.5 Å². The van der Waals surface area contributed by atoms with E-state index in [0.29, 0.717) is 0 Å². The highest BCUT2D eigenvalue weighted by Gasteiger charge is 2.22. The molecule has 0 spiro atoms. The summed E-state index contributed by atoms with van der Waals surface area (Å²) in [7, 11) is 0. The van der Waals surface area contributed by atoms with Crippen LogP contribution in [0.15, 0.2) is 180 Å². The molecule has 8 aromatic carbocycles. The molecule has 0 unspecified atom stereocenters. The molecule has 0 N–H and O–H groups in total. The molecule has 0 amide bonds. The number of hydrogen-bond acceptors (Lipinski definition) is 2. The largest absolute Gasteiger partial charge is 0.456 e. The number of benzene rings is 8. The number of rotatable bonds is 5. The molecule has 9 aromatic rings. The van der Waals surface area contributed by atoms with Crippen LogP contribution in [0, 0.1) is 0 Å². The second kappa shape index (κ2) is 10.8. The summed E-state index contributed by atoms with van der Waals surface area (Å²) in [6.45, 7) is 0. The molecule has 1 aromatic heterocycles. The molecule has 0 bridgehead atoms. The molecule has 0 aliphatic carbocycles. The number of furan rings is 1. The third-order valence-electron chi connectivity index (χ3n) is 9.03. The van der Waals surface area contributed by atoms with Crippen molar-refractivity contribution in [2.45, 2.75) is 0 Å². The van der Waals surface area contributed by atoms with E-state index in [1.54, 1.807) is 0 Å². The number of fused-ring (bicyclic) bond motifs is 6. The first-order chi connectivity index (χ1) is 22.8. The third kappa shape index (κ3) is 4.35. The Bertz CT molecular complexity index is 2510. The summed E-state index contributed by atoms with van der Waals surface area (Å²) in [5.41, 5.74) is 9.76. The van der Waals surface area contributed by atoms with Crippen molar-refractivity contribution in [3.8, 4) is 22.3 Å². The van der Waals surface area contributed by atoms with Gasteiger partial charge in [0.25, 0.3) is 0 Å². The lowest BCUT2D eigenvalue weighted by Gasteiger charge is -2.27. The Kier molecular flexibility index (Phi) is 6.17. The Balaban J connectivity index is 1.32. The Morgan fingerprint density at radius 2 is 1.00 bits per heavy atom. The van der Waals surface area contributed by atoms with Crippen molar-refractivity contribution in [1.29, 1.82) is 0 Å². The second-order valence-corrected chi connectivity index (χ2v) is 11.7. The molecular weight excluding hydrogens is 558 g/mol. The van der Waals surface area contributed by atoms with Gasteiger partial charge in [0.05, 0.1) is 11.1 Å². The van der Waals surface area contributed by atoms with E-state index in [2.05, 4.69) is 181 Å². The monoisotopic (exact) mass is 587 g/mol. The average molecular weight is 588 g/mol. The van der Waals surface area contributed by atoms with Crippen LogP contribution < -0.4 is 4.90 Å². The quantitative estimate of drug-likeness (QED) is 0.199. The topological polar surface area (TPSA) is 16.4 Å². The van der Waals surface area contributed by atoms with Gasteiger partial charge >= 0.3 is 0 Å². The maximum Gasteiger partial charge on any atom is 0.137 e. The van der Waals surface area contributed by atoms with Gasteiger partial charge in [-0.1, -0.05) is 133 Å². The zero-order chi connectivity index (χ0) is 30.5. The second-order valence-electron chi connectivity index (χ2n) is 11.7. The Labute approximate surface area is 267 Å². The minimum atomic E-state index is 0.870. The van der Waals surface area contributed by atoms with Gasteiger partial charge in [0.15, 0.2) is 0 Å². The molecule has 1 heterocycles. The van der Waals surface area contributed by atoms with Crippen LogP contribution in [0.25, 0.3) is 65.7 Å². The summed E-state index contributed by atoms with van der Waals surface area (Å²) in [4.78, 5) is 2.37. The molecule has 0 aliphatic heterocycles. The van der Waals surface area contributed by atoms with Crippen LogP contribution in [0.4, 0.5) is 17.1 Å². The summed E-state index contributed by atoms with van der Waals surface area (Å²) < 4.78 is 6.71. The van der Waals surface area contributed by atoms with Crippen molar-refractivity contribution in [1.82, 2.24) is 0 Å². The van der Waals surface area contributed by atoms with Gasteiger partial charge in [0, 0.05) is 16.8 Å². The number of anilines is 3. The van der Waals surface area contributed by atoms with Crippen molar-refractivity contribution in [2.75, 3.05) is 4.90 Å². The van der Waals surface area contributed by atoms with Crippen LogP contribution in [0.5, 0.6) is 0 Å². The first-order valence-electron chi connectivity index (χ1n) is 15.7. The van der Waals surface area contributed by atoms with Gasteiger partial charge in [-0.15, -0.1) is 0 Å². The zero-order valence-corrected chi connectivity index (χ0v) is 25.1. The lowest BCUT2D eigenvalue weighted by molar-refractivity contribution is 0.669. The molecule has 2 nitrogen and oxygen atoms in total. The van der Waals surface area contributed by atoms with Crippen molar-refractivity contribution in [3.05, 3.63) is 176 Å². The molecule has 9 rings (SSSR count).